The first-order chi connectivity index (χ1) is 13.5. The van der Waals surface area contributed by atoms with Gasteiger partial charge in [0, 0.05) is 12.4 Å². The van der Waals surface area contributed by atoms with E-state index in [1.165, 1.54) is 27.8 Å². The molecule has 1 aliphatic heterocycles. The third kappa shape index (κ3) is 3.41. The van der Waals surface area contributed by atoms with Gasteiger partial charge in [0.1, 0.15) is 6.54 Å². The highest BCUT2D eigenvalue weighted by Gasteiger charge is 2.26. The second-order valence-electron chi connectivity index (χ2n) is 6.63. The monoisotopic (exact) mass is 392 g/mol. The molecule has 2 aromatic carbocycles. The average Bonchev–Trinajstić information content (AvgIpc) is 3.16. The van der Waals surface area contributed by atoms with E-state index in [0.29, 0.717) is 5.69 Å². The molecule has 0 bridgehead atoms. The van der Waals surface area contributed by atoms with Gasteiger partial charge in [-0.2, -0.15) is 0 Å². The number of carbonyl (C=O) groups is 2. The topological polar surface area (TPSA) is 67.2 Å². The van der Waals surface area contributed by atoms with Crippen molar-refractivity contribution in [3.63, 3.8) is 0 Å². The Kier molecular flexibility index (Phi) is 4.92. The van der Waals surface area contributed by atoms with Crippen molar-refractivity contribution >= 4 is 35.0 Å². The zero-order valence-corrected chi connectivity index (χ0v) is 16.5. The van der Waals surface area contributed by atoms with Gasteiger partial charge in [0.2, 0.25) is 11.8 Å². The smallest absolute Gasteiger partial charge is 0.244 e. The number of rotatable bonds is 4. The van der Waals surface area contributed by atoms with Crippen molar-refractivity contribution in [2.24, 2.45) is 0 Å². The minimum Gasteiger partial charge on any atom is -0.323 e. The van der Waals surface area contributed by atoms with Crippen LogP contribution in [-0.2, 0) is 9.59 Å². The van der Waals surface area contributed by atoms with Gasteiger partial charge in [-0.25, -0.2) is 4.98 Å². The molecule has 142 valence electrons. The van der Waals surface area contributed by atoms with Gasteiger partial charge >= 0.3 is 0 Å². The van der Waals surface area contributed by atoms with Gasteiger partial charge < -0.3 is 10.2 Å². The van der Waals surface area contributed by atoms with Crippen LogP contribution in [0.3, 0.4) is 0 Å². The Morgan fingerprint density at radius 3 is 2.79 bits per heavy atom. The molecule has 0 radical (unpaired) electrons. The number of nitrogens with one attached hydrogen (secondary N) is 1. The first-order valence-corrected chi connectivity index (χ1v) is 9.95. The number of imidazole rings is 1. The number of aromatic nitrogens is 2. The van der Waals surface area contributed by atoms with Crippen molar-refractivity contribution in [1.82, 2.24) is 9.55 Å². The fourth-order valence-electron chi connectivity index (χ4n) is 3.24. The second kappa shape index (κ2) is 7.52. The molecule has 1 aromatic heterocycles. The molecule has 0 spiro atoms. The molecule has 0 fully saturated rings. The summed E-state index contributed by atoms with van der Waals surface area (Å²) in [5.41, 5.74) is 4.82. The molecule has 7 heteroatoms. The molecule has 0 unspecified atom stereocenters. The molecule has 0 saturated heterocycles. The molecular weight excluding hydrogens is 372 g/mol. The standard InChI is InChI=1S/C21H20N4O2S/c1-14-6-5-9-17(15(14)2)24-11-10-22-21(24)28-13-20(27)25-12-19(26)23-16-7-3-4-8-18(16)25/h3-11H,12-13H2,1-2H3,(H,23,26). The fraction of sp³-hybridized carbons (Fsp3) is 0.190. The first kappa shape index (κ1) is 18.3. The molecule has 6 nitrogen and oxygen atoms in total. The highest BCUT2D eigenvalue weighted by atomic mass is 32.2. The summed E-state index contributed by atoms with van der Waals surface area (Å²) in [6, 6.07) is 13.5. The lowest BCUT2D eigenvalue weighted by Crippen LogP contribution is -2.43. The van der Waals surface area contributed by atoms with E-state index in [9.17, 15) is 9.59 Å². The molecule has 2 heterocycles. The number of benzene rings is 2. The van der Waals surface area contributed by atoms with Gasteiger partial charge in [0.05, 0.1) is 22.8 Å². The van der Waals surface area contributed by atoms with Crippen LogP contribution in [0, 0.1) is 13.8 Å². The fourth-order valence-corrected chi connectivity index (χ4v) is 4.08. The van der Waals surface area contributed by atoms with Crippen LogP contribution in [0.1, 0.15) is 11.1 Å². The van der Waals surface area contributed by atoms with Crippen LogP contribution in [0.25, 0.3) is 5.69 Å². The number of para-hydroxylation sites is 2. The molecule has 2 amide bonds. The summed E-state index contributed by atoms with van der Waals surface area (Å²) in [5.74, 6) is -0.111. The van der Waals surface area contributed by atoms with Crippen molar-refractivity contribution in [2.75, 3.05) is 22.5 Å². The number of hydrogen-bond acceptors (Lipinski definition) is 4. The van der Waals surface area contributed by atoms with E-state index in [1.807, 2.05) is 41.1 Å². The lowest BCUT2D eigenvalue weighted by molar-refractivity contribution is -0.120. The molecule has 3 aromatic rings. The van der Waals surface area contributed by atoms with Crippen molar-refractivity contribution in [1.29, 1.82) is 0 Å². The van der Waals surface area contributed by atoms with E-state index >= 15 is 0 Å². The Morgan fingerprint density at radius 1 is 1.14 bits per heavy atom. The minimum atomic E-state index is -0.186. The molecule has 0 atom stereocenters. The molecular formula is C21H20N4O2S. The summed E-state index contributed by atoms with van der Waals surface area (Å²) >= 11 is 1.37. The maximum absolute atomic E-state index is 12.9. The van der Waals surface area contributed by atoms with Crippen LogP contribution in [0.5, 0.6) is 0 Å². The lowest BCUT2D eigenvalue weighted by Gasteiger charge is -2.29. The minimum absolute atomic E-state index is 0.0296. The van der Waals surface area contributed by atoms with Gasteiger partial charge in [0.15, 0.2) is 5.16 Å². The molecule has 28 heavy (non-hydrogen) atoms. The number of fused-ring (bicyclic) bond motifs is 1. The highest BCUT2D eigenvalue weighted by molar-refractivity contribution is 7.99. The summed E-state index contributed by atoms with van der Waals surface area (Å²) in [6.45, 7) is 4.18. The van der Waals surface area contributed by atoms with E-state index in [2.05, 4.69) is 30.2 Å². The van der Waals surface area contributed by atoms with E-state index in [1.54, 1.807) is 12.3 Å². The lowest BCUT2D eigenvalue weighted by atomic mass is 10.1. The Balaban J connectivity index is 1.54. The number of anilines is 2. The van der Waals surface area contributed by atoms with Crippen LogP contribution in [-0.4, -0.2) is 33.7 Å². The molecule has 1 aliphatic rings. The molecule has 0 saturated carbocycles. The number of aryl methyl sites for hydroxylation is 1. The summed E-state index contributed by atoms with van der Waals surface area (Å²) in [4.78, 5) is 30.8. The van der Waals surface area contributed by atoms with Crippen molar-refractivity contribution in [3.8, 4) is 5.69 Å². The SMILES string of the molecule is Cc1cccc(-n2ccnc2SCC(=O)N2CC(=O)Nc3ccccc32)c1C. The number of thioether (sulfide) groups is 1. The number of carbonyl (C=O) groups excluding carboxylic acids is 2. The third-order valence-electron chi connectivity index (χ3n) is 4.84. The van der Waals surface area contributed by atoms with Gasteiger partial charge in [-0.15, -0.1) is 0 Å². The Bertz CT molecular complexity index is 1060. The summed E-state index contributed by atoms with van der Waals surface area (Å²) in [7, 11) is 0. The van der Waals surface area contributed by atoms with Crippen LogP contribution in [0.2, 0.25) is 0 Å². The van der Waals surface area contributed by atoms with E-state index in [4.69, 9.17) is 0 Å². The van der Waals surface area contributed by atoms with Gasteiger partial charge in [0.25, 0.3) is 0 Å². The Labute approximate surface area is 167 Å². The summed E-state index contributed by atoms with van der Waals surface area (Å²) < 4.78 is 2.00. The Hall–Kier alpha value is -3.06. The average molecular weight is 392 g/mol. The molecule has 0 aliphatic carbocycles. The summed E-state index contributed by atoms with van der Waals surface area (Å²) in [5, 5.41) is 3.55. The number of amides is 2. The van der Waals surface area contributed by atoms with Crippen LogP contribution in [0.15, 0.2) is 60.0 Å². The zero-order chi connectivity index (χ0) is 19.7. The highest BCUT2D eigenvalue weighted by Crippen LogP contribution is 2.30. The van der Waals surface area contributed by atoms with E-state index in [0.717, 1.165) is 16.5 Å². The predicted molar refractivity (Wildman–Crippen MR) is 111 cm³/mol. The van der Waals surface area contributed by atoms with Gasteiger partial charge in [-0.3, -0.25) is 14.2 Å². The molecule has 4 rings (SSSR count). The Morgan fingerprint density at radius 2 is 1.93 bits per heavy atom. The maximum atomic E-state index is 12.9. The maximum Gasteiger partial charge on any atom is 0.244 e. The normalized spacial score (nSPS) is 13.2. The van der Waals surface area contributed by atoms with Gasteiger partial charge in [-0.05, 0) is 43.2 Å². The van der Waals surface area contributed by atoms with Crippen LogP contribution < -0.4 is 10.2 Å². The van der Waals surface area contributed by atoms with Crippen molar-refractivity contribution in [3.05, 3.63) is 66.0 Å². The summed E-state index contributed by atoms with van der Waals surface area (Å²) in [6.07, 6.45) is 3.64. The van der Waals surface area contributed by atoms with E-state index in [-0.39, 0.29) is 24.1 Å². The van der Waals surface area contributed by atoms with Gasteiger partial charge in [-0.1, -0.05) is 36.0 Å². The van der Waals surface area contributed by atoms with Crippen LogP contribution >= 0.6 is 11.8 Å². The number of hydrogen-bond donors (Lipinski definition) is 1. The number of nitrogens with zero attached hydrogens (tertiary/aromatic N) is 3. The quantitative estimate of drug-likeness (QED) is 0.690. The second-order valence-corrected chi connectivity index (χ2v) is 7.58. The predicted octanol–water partition coefficient (Wildman–Crippen LogP) is 3.57. The first-order valence-electron chi connectivity index (χ1n) is 8.96. The van der Waals surface area contributed by atoms with E-state index < -0.39 is 0 Å². The van der Waals surface area contributed by atoms with Crippen molar-refractivity contribution in [2.45, 2.75) is 19.0 Å². The van der Waals surface area contributed by atoms with Crippen LogP contribution in [0.4, 0.5) is 11.4 Å². The largest absolute Gasteiger partial charge is 0.323 e. The zero-order valence-electron chi connectivity index (χ0n) is 15.7. The third-order valence-corrected chi connectivity index (χ3v) is 5.79. The van der Waals surface area contributed by atoms with Crippen molar-refractivity contribution < 1.29 is 9.59 Å². The molecule has 1 N–H and O–H groups in total.